The first kappa shape index (κ1) is 14.1. The summed E-state index contributed by atoms with van der Waals surface area (Å²) in [6.45, 7) is 3.36. The van der Waals surface area contributed by atoms with E-state index in [2.05, 4.69) is 34.6 Å². The summed E-state index contributed by atoms with van der Waals surface area (Å²) in [5.74, 6) is -0.320. The highest BCUT2D eigenvalue weighted by atomic mass is 32.1. The molecule has 110 valence electrons. The van der Waals surface area contributed by atoms with Gasteiger partial charge >= 0.3 is 5.97 Å². The zero-order valence-corrected chi connectivity index (χ0v) is 12.9. The Morgan fingerprint density at radius 2 is 2.10 bits per heavy atom. The first-order valence-electron chi connectivity index (χ1n) is 6.99. The van der Waals surface area contributed by atoms with Crippen molar-refractivity contribution in [3.05, 3.63) is 47.0 Å². The number of benzene rings is 1. The molecule has 2 atom stereocenters. The maximum Gasteiger partial charge on any atom is 0.315 e. The third-order valence-corrected chi connectivity index (χ3v) is 4.78. The van der Waals surface area contributed by atoms with E-state index in [4.69, 9.17) is 0 Å². The summed E-state index contributed by atoms with van der Waals surface area (Å²) in [4.78, 5) is 15.7. The van der Waals surface area contributed by atoms with E-state index in [1.54, 1.807) is 13.8 Å². The van der Waals surface area contributed by atoms with E-state index in [1.807, 2.05) is 11.4 Å². The van der Waals surface area contributed by atoms with Crippen molar-refractivity contribution in [2.24, 2.45) is 0 Å². The summed E-state index contributed by atoms with van der Waals surface area (Å²) in [6, 6.07) is 10.8. The highest BCUT2D eigenvalue weighted by Gasteiger charge is 2.39. The van der Waals surface area contributed by atoms with Gasteiger partial charge in [-0.25, -0.2) is 4.98 Å². The maximum absolute atomic E-state index is 11.2. The molecule has 1 aliphatic rings. The van der Waals surface area contributed by atoms with Crippen molar-refractivity contribution in [2.75, 3.05) is 5.32 Å². The van der Waals surface area contributed by atoms with Gasteiger partial charge < -0.3 is 10.4 Å². The van der Waals surface area contributed by atoms with Crippen molar-refractivity contribution in [3.63, 3.8) is 0 Å². The molecule has 2 aromatic rings. The number of aliphatic carboxylic acids is 1. The third kappa shape index (κ3) is 2.78. The number of carboxylic acid groups (broad SMARTS) is 1. The van der Waals surface area contributed by atoms with Crippen LogP contribution in [0.25, 0.3) is 0 Å². The first-order chi connectivity index (χ1) is 9.98. The zero-order chi connectivity index (χ0) is 15.0. The van der Waals surface area contributed by atoms with Crippen molar-refractivity contribution >= 4 is 22.4 Å². The van der Waals surface area contributed by atoms with Gasteiger partial charge in [0.2, 0.25) is 0 Å². The molecule has 2 N–H and O–H groups in total. The normalized spacial score (nSPS) is 21.0. The molecule has 4 nitrogen and oxygen atoms in total. The van der Waals surface area contributed by atoms with Gasteiger partial charge in [0.25, 0.3) is 0 Å². The summed E-state index contributed by atoms with van der Waals surface area (Å²) in [5.41, 5.74) is 1.01. The third-order valence-electron chi connectivity index (χ3n) is 4.01. The lowest BCUT2D eigenvalue weighted by Gasteiger charge is -2.15. The topological polar surface area (TPSA) is 62.2 Å². The van der Waals surface area contributed by atoms with E-state index in [0.717, 1.165) is 11.6 Å². The lowest BCUT2D eigenvalue weighted by atomic mass is 9.90. The van der Waals surface area contributed by atoms with E-state index in [-0.39, 0.29) is 0 Å². The van der Waals surface area contributed by atoms with Gasteiger partial charge in [-0.3, -0.25) is 4.79 Å². The maximum atomic E-state index is 11.2. The minimum Gasteiger partial charge on any atom is -0.481 e. The largest absolute Gasteiger partial charge is 0.481 e. The molecule has 1 aromatic heterocycles. The van der Waals surface area contributed by atoms with Crippen LogP contribution >= 0.6 is 11.3 Å². The van der Waals surface area contributed by atoms with E-state index in [1.165, 1.54) is 16.9 Å². The van der Waals surface area contributed by atoms with Crippen LogP contribution < -0.4 is 5.32 Å². The molecule has 1 aliphatic carbocycles. The fourth-order valence-electron chi connectivity index (χ4n) is 2.32. The second kappa shape index (κ2) is 5.15. The lowest BCUT2D eigenvalue weighted by Crippen LogP contribution is -2.28. The Bertz CT molecular complexity index is 651. The van der Waals surface area contributed by atoms with Gasteiger partial charge in [0.15, 0.2) is 5.13 Å². The van der Waals surface area contributed by atoms with Crippen LogP contribution in [-0.4, -0.2) is 22.1 Å². The fraction of sp³-hybridized carbons (Fsp3) is 0.375. The molecule has 0 spiro atoms. The van der Waals surface area contributed by atoms with Crippen LogP contribution in [-0.2, 0) is 10.2 Å². The Hall–Kier alpha value is -1.88. The van der Waals surface area contributed by atoms with Crippen molar-refractivity contribution in [2.45, 2.75) is 37.6 Å². The highest BCUT2D eigenvalue weighted by Crippen LogP contribution is 2.43. The van der Waals surface area contributed by atoms with Crippen LogP contribution in [0.15, 0.2) is 35.7 Å². The second-order valence-corrected chi connectivity index (χ2v) is 6.83. The van der Waals surface area contributed by atoms with E-state index in [9.17, 15) is 9.90 Å². The Balaban J connectivity index is 1.66. The number of anilines is 1. The molecule has 1 aromatic carbocycles. The Kier molecular flexibility index (Phi) is 3.45. The second-order valence-electron chi connectivity index (χ2n) is 5.97. The summed E-state index contributed by atoms with van der Waals surface area (Å²) in [6.07, 6.45) is 1.10. The van der Waals surface area contributed by atoms with Crippen molar-refractivity contribution in [1.82, 2.24) is 4.98 Å². The number of hydrogen-bond acceptors (Lipinski definition) is 4. The lowest BCUT2D eigenvalue weighted by molar-refractivity contribution is -0.142. The molecule has 0 aliphatic heterocycles. The van der Waals surface area contributed by atoms with Gasteiger partial charge in [-0.1, -0.05) is 30.3 Å². The summed E-state index contributed by atoms with van der Waals surface area (Å²) in [7, 11) is 0. The van der Waals surface area contributed by atoms with Gasteiger partial charge in [0.05, 0.1) is 5.69 Å². The first-order valence-corrected chi connectivity index (χ1v) is 7.87. The Morgan fingerprint density at radius 3 is 2.76 bits per heavy atom. The number of thiazole rings is 1. The Labute approximate surface area is 127 Å². The van der Waals surface area contributed by atoms with Crippen LogP contribution in [0.1, 0.15) is 37.4 Å². The van der Waals surface area contributed by atoms with Crippen LogP contribution in [0.3, 0.4) is 0 Å². The van der Waals surface area contributed by atoms with Gasteiger partial charge in [0, 0.05) is 17.3 Å². The molecule has 0 radical (unpaired) electrons. The smallest absolute Gasteiger partial charge is 0.315 e. The van der Waals surface area contributed by atoms with Crippen LogP contribution in [0, 0.1) is 0 Å². The summed E-state index contributed by atoms with van der Waals surface area (Å²) >= 11 is 1.47. The van der Waals surface area contributed by atoms with Crippen LogP contribution in [0.4, 0.5) is 5.13 Å². The molecule has 2 unspecified atom stereocenters. The molecule has 1 heterocycles. The number of carbonyl (C=O) groups is 1. The summed E-state index contributed by atoms with van der Waals surface area (Å²) < 4.78 is 0. The fourth-order valence-corrected chi connectivity index (χ4v) is 3.26. The molecule has 3 rings (SSSR count). The van der Waals surface area contributed by atoms with E-state index < -0.39 is 11.4 Å². The average Bonchev–Trinajstić information content (AvgIpc) is 3.05. The highest BCUT2D eigenvalue weighted by molar-refractivity contribution is 7.13. The SMILES string of the molecule is CC(C)(C(=O)O)c1csc(NC2CC2c2ccccc2)n1. The number of aromatic nitrogens is 1. The molecule has 5 heteroatoms. The minimum atomic E-state index is -0.946. The minimum absolute atomic E-state index is 0.402. The molecular weight excluding hydrogens is 284 g/mol. The zero-order valence-electron chi connectivity index (χ0n) is 12.0. The monoisotopic (exact) mass is 302 g/mol. The predicted molar refractivity (Wildman–Crippen MR) is 84.0 cm³/mol. The molecule has 1 fully saturated rings. The van der Waals surface area contributed by atoms with Crippen LogP contribution in [0.5, 0.6) is 0 Å². The van der Waals surface area contributed by atoms with Gasteiger partial charge in [-0.05, 0) is 25.8 Å². The molecular formula is C16H18N2O2S. The molecule has 0 saturated heterocycles. The number of nitrogens with zero attached hydrogens (tertiary/aromatic N) is 1. The van der Waals surface area contributed by atoms with E-state index >= 15 is 0 Å². The van der Waals surface area contributed by atoms with E-state index in [0.29, 0.717) is 17.7 Å². The van der Waals surface area contributed by atoms with Gasteiger partial charge in [-0.2, -0.15) is 0 Å². The molecule has 21 heavy (non-hydrogen) atoms. The standard InChI is InChI=1S/C16H18N2O2S/c1-16(2,14(19)20)13-9-21-15(18-13)17-12-8-11(12)10-6-4-3-5-7-10/h3-7,9,11-12H,8H2,1-2H3,(H,17,18)(H,19,20). The van der Waals surface area contributed by atoms with Crippen molar-refractivity contribution in [1.29, 1.82) is 0 Å². The Morgan fingerprint density at radius 1 is 1.38 bits per heavy atom. The summed E-state index contributed by atoms with van der Waals surface area (Å²) in [5, 5.41) is 15.3. The van der Waals surface area contributed by atoms with Crippen molar-refractivity contribution in [3.8, 4) is 0 Å². The quantitative estimate of drug-likeness (QED) is 0.887. The average molecular weight is 302 g/mol. The van der Waals surface area contributed by atoms with Crippen LogP contribution in [0.2, 0.25) is 0 Å². The van der Waals surface area contributed by atoms with Gasteiger partial charge in [0.1, 0.15) is 5.41 Å². The molecule has 0 bridgehead atoms. The number of nitrogens with one attached hydrogen (secondary N) is 1. The van der Waals surface area contributed by atoms with Gasteiger partial charge in [-0.15, -0.1) is 11.3 Å². The number of carboxylic acids is 1. The molecule has 0 amide bonds. The number of rotatable bonds is 5. The molecule has 1 saturated carbocycles. The predicted octanol–water partition coefficient (Wildman–Crippen LogP) is 3.47. The van der Waals surface area contributed by atoms with Crippen molar-refractivity contribution < 1.29 is 9.90 Å². The number of hydrogen-bond donors (Lipinski definition) is 2.